The number of likely N-dealkylation sites (tertiary alicyclic amines) is 1. The van der Waals surface area contributed by atoms with E-state index in [0.29, 0.717) is 0 Å². The lowest BCUT2D eigenvalue weighted by molar-refractivity contribution is -0.274. The first kappa shape index (κ1) is 31.7. The van der Waals surface area contributed by atoms with Gasteiger partial charge in [-0.15, -0.1) is 0 Å². The Hall–Kier alpha value is -2.87. The Morgan fingerprint density at radius 2 is 1.48 bits per heavy atom. The summed E-state index contributed by atoms with van der Waals surface area (Å²) in [6.07, 6.45) is -10.2. The zero-order chi connectivity index (χ0) is 30.7. The zero-order valence-electron chi connectivity index (χ0n) is 22.7. The molecule has 0 bridgehead atoms. The van der Waals surface area contributed by atoms with Crippen molar-refractivity contribution in [3.05, 3.63) is 0 Å². The molecule has 1 saturated heterocycles. The number of piperidine rings is 1. The highest BCUT2D eigenvalue weighted by molar-refractivity contribution is 6.37. The van der Waals surface area contributed by atoms with E-state index in [1.54, 1.807) is 5.32 Å². The van der Waals surface area contributed by atoms with Crippen LogP contribution in [0.3, 0.4) is 0 Å². The monoisotopic (exact) mass is 584 g/mol. The summed E-state index contributed by atoms with van der Waals surface area (Å²) >= 11 is 0. The Bertz CT molecular complexity index is 1070. The predicted octanol–water partition coefficient (Wildman–Crippen LogP) is 2.08. The highest BCUT2D eigenvalue weighted by Crippen LogP contribution is 2.65. The number of amides is 4. The molecule has 3 fully saturated rings. The molecule has 2 saturated carbocycles. The summed E-state index contributed by atoms with van der Waals surface area (Å²) in [7, 11) is 0. The Kier molecular flexibility index (Phi) is 8.07. The second-order valence-corrected chi connectivity index (χ2v) is 12.7. The summed E-state index contributed by atoms with van der Waals surface area (Å²) in [5.41, 5.74) is 3.34. The average Bonchev–Trinajstić information content (AvgIpc) is 3.60. The highest BCUT2D eigenvalue weighted by Gasteiger charge is 2.70. The lowest BCUT2D eigenvalue weighted by Gasteiger charge is -2.38. The molecule has 0 radical (unpaired) electrons. The maximum Gasteiger partial charge on any atom is 0.409 e. The van der Waals surface area contributed by atoms with E-state index < -0.39 is 82.6 Å². The van der Waals surface area contributed by atoms with E-state index in [0.717, 1.165) is 17.7 Å². The van der Waals surface area contributed by atoms with Gasteiger partial charge in [0, 0.05) is 6.54 Å². The van der Waals surface area contributed by atoms with Crippen molar-refractivity contribution in [2.24, 2.45) is 40.2 Å². The number of hydrogen-bond donors (Lipinski definition) is 3. The van der Waals surface area contributed by atoms with Crippen molar-refractivity contribution < 1.29 is 50.3 Å². The minimum atomic E-state index is -5.96. The van der Waals surface area contributed by atoms with Crippen molar-refractivity contribution in [1.82, 2.24) is 15.5 Å². The van der Waals surface area contributed by atoms with Crippen molar-refractivity contribution in [2.75, 3.05) is 6.54 Å². The Morgan fingerprint density at radius 1 is 0.950 bits per heavy atom. The molecule has 2 unspecified atom stereocenters. The number of rotatable bonds is 9. The van der Waals surface area contributed by atoms with E-state index in [4.69, 9.17) is 5.73 Å². The van der Waals surface area contributed by atoms with Crippen LogP contribution in [0.5, 0.6) is 0 Å². The number of hydrogen-bond acceptors (Lipinski definition) is 5. The number of Topliss-reactive ketones (excluding diaryl/α,β-unsaturated/α-hetero) is 1. The van der Waals surface area contributed by atoms with Gasteiger partial charge in [0.25, 0.3) is 5.91 Å². The summed E-state index contributed by atoms with van der Waals surface area (Å²) in [4.78, 5) is 64.5. The molecule has 2 aliphatic carbocycles. The van der Waals surface area contributed by atoms with Gasteiger partial charge >= 0.3 is 12.4 Å². The van der Waals surface area contributed by atoms with E-state index in [9.17, 15) is 50.3 Å². The van der Waals surface area contributed by atoms with E-state index in [-0.39, 0.29) is 24.8 Å². The van der Waals surface area contributed by atoms with Crippen LogP contribution in [0.1, 0.15) is 53.9 Å². The molecule has 5 atom stereocenters. The van der Waals surface area contributed by atoms with Gasteiger partial charge in [-0.25, -0.2) is 0 Å². The zero-order valence-corrected chi connectivity index (χ0v) is 22.7. The van der Waals surface area contributed by atoms with Gasteiger partial charge in [0.05, 0.1) is 6.04 Å². The van der Waals surface area contributed by atoms with E-state index >= 15 is 0 Å². The molecule has 3 rings (SSSR count). The van der Waals surface area contributed by atoms with Gasteiger partial charge in [-0.2, -0.15) is 26.3 Å². The minimum Gasteiger partial charge on any atom is -0.363 e. The van der Waals surface area contributed by atoms with Crippen LogP contribution in [0, 0.1) is 34.5 Å². The standard InChI is InChI=1S/C25H34F6N4O5/c1-22(2,3)17(34-20(39)16(24(26,27)28)25(29,30)31)21(40)35-9-11-13(23(11,4)5)14(35)19(38)33-12(8-10-6-7-10)15(36)18(32)37/h10-14,16-17H,6-9H2,1-5H3,(H2,32,37)(H,33,38)(H,34,39)/t11-,12?,13-,14-,17?/m0/s1. The van der Waals surface area contributed by atoms with E-state index in [2.05, 4.69) is 5.32 Å². The predicted molar refractivity (Wildman–Crippen MR) is 127 cm³/mol. The van der Waals surface area contributed by atoms with E-state index in [1.165, 1.54) is 20.8 Å². The van der Waals surface area contributed by atoms with Gasteiger partial charge in [0.15, 0.2) is 0 Å². The van der Waals surface area contributed by atoms with Gasteiger partial charge in [-0.3, -0.25) is 24.0 Å². The number of halogens is 6. The SMILES string of the molecule is CC(C)(C)C(NC(=O)C(C(F)(F)F)C(F)(F)F)C(=O)N1C[C@H]2[C@@H]([C@H]1C(=O)NC(CC1CC1)C(=O)C(N)=O)C2(C)C. The Labute approximate surface area is 226 Å². The molecule has 9 nitrogen and oxygen atoms in total. The second-order valence-electron chi connectivity index (χ2n) is 12.7. The fraction of sp³-hybridized carbons (Fsp3) is 0.800. The van der Waals surface area contributed by atoms with Crippen molar-refractivity contribution in [1.29, 1.82) is 0 Å². The highest BCUT2D eigenvalue weighted by atomic mass is 19.4. The molecule has 40 heavy (non-hydrogen) atoms. The number of primary amides is 1. The van der Waals surface area contributed by atoms with Crippen LogP contribution in [-0.2, 0) is 24.0 Å². The van der Waals surface area contributed by atoms with Crippen LogP contribution in [0.15, 0.2) is 0 Å². The maximum absolute atomic E-state index is 13.7. The molecule has 4 amide bonds. The molecule has 0 aromatic carbocycles. The van der Waals surface area contributed by atoms with Gasteiger partial charge in [-0.05, 0) is 35.0 Å². The number of fused-ring (bicyclic) bond motifs is 1. The Balaban J connectivity index is 1.89. The van der Waals surface area contributed by atoms with Crippen molar-refractivity contribution in [3.8, 4) is 0 Å². The molecule has 4 N–H and O–H groups in total. The number of carbonyl (C=O) groups is 5. The third kappa shape index (κ3) is 6.37. The van der Waals surface area contributed by atoms with Crippen molar-refractivity contribution in [3.63, 3.8) is 0 Å². The van der Waals surface area contributed by atoms with Gasteiger partial charge in [-0.1, -0.05) is 47.5 Å². The topological polar surface area (TPSA) is 139 Å². The Morgan fingerprint density at radius 3 is 1.90 bits per heavy atom. The maximum atomic E-state index is 13.7. The molecule has 0 spiro atoms. The quantitative estimate of drug-likeness (QED) is 0.282. The molecule has 1 aliphatic heterocycles. The summed E-state index contributed by atoms with van der Waals surface area (Å²) in [6, 6.07) is -4.33. The first-order chi connectivity index (χ1) is 18.0. The largest absolute Gasteiger partial charge is 0.409 e. The first-order valence-electron chi connectivity index (χ1n) is 12.9. The lowest BCUT2D eigenvalue weighted by atomic mass is 9.84. The average molecular weight is 585 g/mol. The first-order valence-corrected chi connectivity index (χ1v) is 12.9. The molecule has 1 heterocycles. The van der Waals surface area contributed by atoms with Crippen LogP contribution in [-0.4, -0.2) is 71.3 Å². The van der Waals surface area contributed by atoms with Crippen molar-refractivity contribution in [2.45, 2.75) is 84.4 Å². The minimum absolute atomic E-state index is 0.0456. The molecule has 226 valence electrons. The fourth-order valence-corrected chi connectivity index (χ4v) is 5.68. The second kappa shape index (κ2) is 10.2. The summed E-state index contributed by atoms with van der Waals surface area (Å²) in [6.45, 7) is 7.66. The van der Waals surface area contributed by atoms with Gasteiger partial charge in [0.2, 0.25) is 29.4 Å². The fourth-order valence-electron chi connectivity index (χ4n) is 5.68. The van der Waals surface area contributed by atoms with Crippen LogP contribution in [0.2, 0.25) is 0 Å². The van der Waals surface area contributed by atoms with Crippen LogP contribution >= 0.6 is 0 Å². The molecular formula is C25H34F6N4O5. The van der Waals surface area contributed by atoms with Gasteiger partial charge in [0.1, 0.15) is 12.1 Å². The normalized spacial score (nSPS) is 25.6. The molecule has 15 heteroatoms. The number of alkyl halides is 6. The lowest BCUT2D eigenvalue weighted by Crippen LogP contribution is -2.62. The summed E-state index contributed by atoms with van der Waals surface area (Å²) in [5, 5.41) is 4.15. The van der Waals surface area contributed by atoms with Crippen LogP contribution in [0.4, 0.5) is 26.3 Å². The smallest absolute Gasteiger partial charge is 0.363 e. The number of ketones is 1. The summed E-state index contributed by atoms with van der Waals surface area (Å²) < 4.78 is 79.0. The third-order valence-electron chi connectivity index (χ3n) is 8.22. The van der Waals surface area contributed by atoms with Crippen LogP contribution in [0.25, 0.3) is 0 Å². The van der Waals surface area contributed by atoms with Crippen LogP contribution < -0.4 is 16.4 Å². The number of nitrogens with one attached hydrogen (secondary N) is 2. The van der Waals surface area contributed by atoms with E-state index in [1.807, 2.05) is 13.8 Å². The van der Waals surface area contributed by atoms with Crippen molar-refractivity contribution >= 4 is 29.4 Å². The molecule has 0 aromatic heterocycles. The number of carbonyl (C=O) groups excluding carboxylic acids is 5. The van der Waals surface area contributed by atoms with Gasteiger partial charge < -0.3 is 21.3 Å². The summed E-state index contributed by atoms with van der Waals surface area (Å²) in [5.74, 6) is -11.5. The molecule has 3 aliphatic rings. The molecule has 0 aromatic rings. The third-order valence-corrected chi connectivity index (χ3v) is 8.22. The number of nitrogens with two attached hydrogens (primary N) is 1. The number of nitrogens with zero attached hydrogens (tertiary/aromatic N) is 1. The molecular weight excluding hydrogens is 550 g/mol.